The molecule has 0 saturated carbocycles. The van der Waals surface area contributed by atoms with Crippen molar-refractivity contribution in [2.45, 2.75) is 11.8 Å². The maximum absolute atomic E-state index is 12.2. The van der Waals surface area contributed by atoms with Gasteiger partial charge in [-0.1, -0.05) is 30.3 Å². The zero-order chi connectivity index (χ0) is 15.0. The lowest BCUT2D eigenvalue weighted by Crippen LogP contribution is -2.02. The normalized spacial score (nSPS) is 15.4. The first-order chi connectivity index (χ1) is 9.99. The van der Waals surface area contributed by atoms with E-state index in [1.165, 1.54) is 5.41 Å². The molecule has 2 aromatic carbocycles. The van der Waals surface area contributed by atoms with Crippen molar-refractivity contribution >= 4 is 21.1 Å². The molecule has 2 N–H and O–H groups in total. The Morgan fingerprint density at radius 3 is 2.62 bits per heavy atom. The van der Waals surface area contributed by atoms with Crippen LogP contribution in [0.25, 0.3) is 5.57 Å². The van der Waals surface area contributed by atoms with Crippen LogP contribution in [0.3, 0.4) is 0 Å². The van der Waals surface area contributed by atoms with E-state index in [1.807, 2.05) is 31.2 Å². The van der Waals surface area contributed by atoms with E-state index >= 15 is 0 Å². The van der Waals surface area contributed by atoms with Crippen molar-refractivity contribution < 1.29 is 13.2 Å². The topological polar surface area (TPSA) is 69.4 Å². The molecule has 0 unspecified atom stereocenters. The zero-order valence-corrected chi connectivity index (χ0v) is 12.4. The Hall–Kier alpha value is -2.27. The molecule has 3 rings (SSSR count). The average Bonchev–Trinajstić information content (AvgIpc) is 2.70. The lowest BCUT2D eigenvalue weighted by Gasteiger charge is -2.10. The van der Waals surface area contributed by atoms with Gasteiger partial charge in [0.15, 0.2) is 0 Å². The Morgan fingerprint density at radius 2 is 1.86 bits per heavy atom. The van der Waals surface area contributed by atoms with Crippen LogP contribution >= 0.6 is 0 Å². The minimum absolute atomic E-state index is 0.188. The predicted octanol–water partition coefficient (Wildman–Crippen LogP) is 2.78. The van der Waals surface area contributed by atoms with Crippen LogP contribution in [-0.4, -0.2) is 15.0 Å². The summed E-state index contributed by atoms with van der Waals surface area (Å²) in [6, 6.07) is 12.7. The number of aryl methyl sites for hydroxylation is 1. The van der Waals surface area contributed by atoms with Gasteiger partial charge in [0, 0.05) is 16.5 Å². The summed E-state index contributed by atoms with van der Waals surface area (Å²) >= 11 is 0. The molecule has 0 amide bonds. The predicted molar refractivity (Wildman–Crippen MR) is 82.7 cm³/mol. The summed E-state index contributed by atoms with van der Waals surface area (Å²) in [5, 5.41) is 1.24. The molecular weight excluding hydrogens is 286 g/mol. The van der Waals surface area contributed by atoms with Gasteiger partial charge in [-0.15, -0.1) is 0 Å². The van der Waals surface area contributed by atoms with Gasteiger partial charge in [0.1, 0.15) is 17.3 Å². The number of ether oxygens (including phenoxy) is 1. The molecule has 108 valence electrons. The van der Waals surface area contributed by atoms with Crippen LogP contribution in [0.2, 0.25) is 0 Å². The third-order valence-electron chi connectivity index (χ3n) is 3.45. The van der Waals surface area contributed by atoms with E-state index in [4.69, 9.17) is 10.5 Å². The third-order valence-corrected chi connectivity index (χ3v) is 5.07. The minimum Gasteiger partial charge on any atom is -0.489 e. The summed E-state index contributed by atoms with van der Waals surface area (Å²) in [6.45, 7) is 2.14. The number of fused-ring (bicyclic) bond motifs is 1. The monoisotopic (exact) mass is 301 g/mol. The van der Waals surface area contributed by atoms with Crippen molar-refractivity contribution in [1.29, 1.82) is 0 Å². The van der Waals surface area contributed by atoms with Crippen molar-refractivity contribution in [1.82, 2.24) is 0 Å². The van der Waals surface area contributed by atoms with Crippen LogP contribution in [-0.2, 0) is 9.84 Å². The van der Waals surface area contributed by atoms with Crippen molar-refractivity contribution in [3.05, 3.63) is 59.0 Å². The van der Waals surface area contributed by atoms with Crippen molar-refractivity contribution in [3.8, 4) is 5.75 Å². The van der Waals surface area contributed by atoms with Crippen molar-refractivity contribution in [2.24, 2.45) is 0 Å². The van der Waals surface area contributed by atoms with Gasteiger partial charge in [-0.3, -0.25) is 0 Å². The number of benzene rings is 2. The van der Waals surface area contributed by atoms with E-state index in [9.17, 15) is 8.42 Å². The number of sulfone groups is 1. The molecule has 0 aliphatic carbocycles. The summed E-state index contributed by atoms with van der Waals surface area (Å²) in [5.74, 6) is 0.744. The second-order valence-electron chi connectivity index (χ2n) is 4.97. The summed E-state index contributed by atoms with van der Waals surface area (Å²) in [5.41, 5.74) is 8.32. The zero-order valence-electron chi connectivity index (χ0n) is 11.5. The van der Waals surface area contributed by atoms with Gasteiger partial charge in [-0.05, 0) is 24.6 Å². The van der Waals surface area contributed by atoms with Gasteiger partial charge in [0.2, 0.25) is 9.84 Å². The number of hydrogen-bond donors (Lipinski definition) is 1. The molecule has 2 aromatic rings. The fourth-order valence-corrected chi connectivity index (χ4v) is 4.01. The first kappa shape index (κ1) is 13.7. The second kappa shape index (κ2) is 4.93. The molecule has 0 saturated heterocycles. The molecule has 0 radical (unpaired) electrons. The smallest absolute Gasteiger partial charge is 0.202 e. The van der Waals surface area contributed by atoms with E-state index in [0.29, 0.717) is 11.1 Å². The third kappa shape index (κ3) is 2.40. The molecule has 0 atom stereocenters. The lowest BCUT2D eigenvalue weighted by molar-refractivity contribution is 0.367. The molecule has 1 heterocycles. The second-order valence-corrected chi connectivity index (χ2v) is 6.70. The Bertz CT molecular complexity index is 838. The number of hydrogen-bond acceptors (Lipinski definition) is 4. The van der Waals surface area contributed by atoms with Crippen LogP contribution in [0, 0.1) is 6.92 Å². The van der Waals surface area contributed by atoms with Gasteiger partial charge >= 0.3 is 0 Å². The number of nitrogen functional groups attached to an aromatic ring is 1. The number of para-hydroxylation sites is 1. The highest BCUT2D eigenvalue weighted by Gasteiger charge is 2.29. The van der Waals surface area contributed by atoms with E-state index < -0.39 is 9.84 Å². The van der Waals surface area contributed by atoms with Gasteiger partial charge in [0.05, 0.1) is 5.69 Å². The fourth-order valence-electron chi connectivity index (χ4n) is 2.42. The molecule has 21 heavy (non-hydrogen) atoms. The van der Waals surface area contributed by atoms with Gasteiger partial charge in [-0.2, -0.15) is 0 Å². The van der Waals surface area contributed by atoms with Gasteiger partial charge < -0.3 is 10.5 Å². The highest BCUT2D eigenvalue weighted by molar-refractivity contribution is 7.95. The van der Waals surface area contributed by atoms with Crippen molar-refractivity contribution in [2.75, 3.05) is 12.3 Å². The van der Waals surface area contributed by atoms with Crippen LogP contribution in [0.1, 0.15) is 11.1 Å². The molecule has 0 bridgehead atoms. The summed E-state index contributed by atoms with van der Waals surface area (Å²) in [4.78, 5) is 0.188. The van der Waals surface area contributed by atoms with Crippen molar-refractivity contribution in [3.63, 3.8) is 0 Å². The first-order valence-corrected chi connectivity index (χ1v) is 8.06. The molecular formula is C16H15NO3S. The minimum atomic E-state index is -3.47. The molecule has 1 aliphatic heterocycles. The van der Waals surface area contributed by atoms with Crippen LogP contribution in [0.4, 0.5) is 5.69 Å². The average molecular weight is 301 g/mol. The quantitative estimate of drug-likeness (QED) is 0.885. The van der Waals surface area contributed by atoms with Crippen LogP contribution in [0.5, 0.6) is 5.75 Å². The summed E-state index contributed by atoms with van der Waals surface area (Å²) < 4.78 is 30.0. The molecule has 0 fully saturated rings. The Kier molecular flexibility index (Phi) is 3.22. The highest BCUT2D eigenvalue weighted by Crippen LogP contribution is 2.37. The maximum Gasteiger partial charge on any atom is 0.202 e. The molecule has 5 heteroatoms. The van der Waals surface area contributed by atoms with Gasteiger partial charge in [0.25, 0.3) is 0 Å². The highest BCUT2D eigenvalue weighted by atomic mass is 32.2. The lowest BCUT2D eigenvalue weighted by atomic mass is 10.1. The van der Waals surface area contributed by atoms with E-state index in [2.05, 4.69) is 0 Å². The number of anilines is 1. The first-order valence-electron chi connectivity index (χ1n) is 6.52. The molecule has 4 nitrogen and oxygen atoms in total. The molecule has 0 aromatic heterocycles. The van der Waals surface area contributed by atoms with Gasteiger partial charge in [-0.25, -0.2) is 8.42 Å². The maximum atomic E-state index is 12.2. The Balaban J connectivity index is 1.92. The molecule has 0 spiro atoms. The molecule has 1 aliphatic rings. The van der Waals surface area contributed by atoms with E-state index in [-0.39, 0.29) is 17.2 Å². The Morgan fingerprint density at radius 1 is 1.10 bits per heavy atom. The van der Waals surface area contributed by atoms with E-state index in [1.54, 1.807) is 18.2 Å². The summed E-state index contributed by atoms with van der Waals surface area (Å²) in [7, 11) is -3.47. The SMILES string of the molecule is Cc1ccccc1OCC1=CS(=O)(=O)c2c(N)cccc21. The number of nitrogens with two attached hydrogens (primary N) is 1. The fraction of sp³-hybridized carbons (Fsp3) is 0.125. The Labute approximate surface area is 123 Å². The van der Waals surface area contributed by atoms with Crippen LogP contribution in [0.15, 0.2) is 52.8 Å². The van der Waals surface area contributed by atoms with Crippen LogP contribution < -0.4 is 10.5 Å². The summed E-state index contributed by atoms with van der Waals surface area (Å²) in [6.07, 6.45) is 0. The largest absolute Gasteiger partial charge is 0.489 e. The van der Waals surface area contributed by atoms with E-state index in [0.717, 1.165) is 11.3 Å². The number of rotatable bonds is 3. The standard InChI is InChI=1S/C16H15NO3S/c1-11-5-2-3-8-15(11)20-9-12-10-21(18,19)16-13(12)6-4-7-14(16)17/h2-8,10H,9,17H2,1H3.